The van der Waals surface area contributed by atoms with Gasteiger partial charge in [-0.2, -0.15) is 0 Å². The number of alkyl halides is 2. The number of hydrogen-bond acceptors (Lipinski definition) is 2. The molecule has 0 aliphatic rings. The zero-order valence-corrected chi connectivity index (χ0v) is 4.66. The zero-order valence-electron chi connectivity index (χ0n) is 3.15. The highest BCUT2D eigenvalue weighted by Crippen LogP contribution is 1.98. The van der Waals surface area contributed by atoms with Crippen molar-refractivity contribution in [2.45, 2.75) is 4.84 Å². The van der Waals surface area contributed by atoms with Gasteiger partial charge in [0.05, 0.1) is 0 Å². The SMILES string of the molecule is O=C(N[O-])C(Cl)Cl. The van der Waals surface area contributed by atoms with Crippen LogP contribution in [0.4, 0.5) is 0 Å². The highest BCUT2D eigenvalue weighted by molar-refractivity contribution is 6.53. The van der Waals surface area contributed by atoms with E-state index in [0.29, 0.717) is 0 Å². The van der Waals surface area contributed by atoms with Gasteiger partial charge in [0.15, 0.2) is 4.84 Å². The molecule has 0 saturated carbocycles. The highest BCUT2D eigenvalue weighted by atomic mass is 35.5. The average molecular weight is 143 g/mol. The van der Waals surface area contributed by atoms with Gasteiger partial charge in [-0.05, 0) is 0 Å². The molecule has 0 saturated heterocycles. The van der Waals surface area contributed by atoms with E-state index in [9.17, 15) is 10.0 Å². The van der Waals surface area contributed by atoms with Crippen molar-refractivity contribution in [3.05, 3.63) is 5.21 Å². The first-order valence-electron chi connectivity index (χ1n) is 1.38. The van der Waals surface area contributed by atoms with Crippen LogP contribution in [0.3, 0.4) is 0 Å². The van der Waals surface area contributed by atoms with Crippen molar-refractivity contribution in [3.8, 4) is 0 Å². The maximum absolute atomic E-state index is 9.82. The van der Waals surface area contributed by atoms with E-state index in [1.807, 2.05) is 0 Å². The number of carbonyl (C=O) groups excluding carboxylic acids is 1. The molecule has 42 valence electrons. The molecule has 3 nitrogen and oxygen atoms in total. The van der Waals surface area contributed by atoms with Crippen molar-refractivity contribution in [2.24, 2.45) is 0 Å². The lowest BCUT2D eigenvalue weighted by atomic mass is 10.7. The first-order valence-corrected chi connectivity index (χ1v) is 2.26. The molecule has 0 bridgehead atoms. The fraction of sp³-hybridized carbons (Fsp3) is 0.500. The van der Waals surface area contributed by atoms with Gasteiger partial charge in [0.1, 0.15) is 0 Å². The van der Waals surface area contributed by atoms with Gasteiger partial charge in [0.2, 0.25) is 5.91 Å². The number of hydrogen-bond donors (Lipinski definition) is 1. The summed E-state index contributed by atoms with van der Waals surface area (Å²) < 4.78 is 0. The van der Waals surface area contributed by atoms with E-state index in [1.165, 1.54) is 0 Å². The summed E-state index contributed by atoms with van der Waals surface area (Å²) in [5.41, 5.74) is 1.01. The standard InChI is InChI=1S/C2H2Cl2NO2/c3-1(4)2(6)5-7/h1H,(H-,5,6,7)/q-1. The molecular formula is C2H2Cl2NO2-. The summed E-state index contributed by atoms with van der Waals surface area (Å²) in [5.74, 6) is -0.927. The van der Waals surface area contributed by atoms with E-state index in [-0.39, 0.29) is 0 Å². The van der Waals surface area contributed by atoms with Gasteiger partial charge in [-0.25, -0.2) is 0 Å². The zero-order chi connectivity index (χ0) is 5.86. The lowest BCUT2D eigenvalue weighted by molar-refractivity contribution is -0.118. The van der Waals surface area contributed by atoms with Crippen LogP contribution in [-0.4, -0.2) is 10.7 Å². The average Bonchev–Trinajstić information content (AvgIpc) is 1.65. The minimum Gasteiger partial charge on any atom is -0.759 e. The normalized spacial score (nSPS) is 9.14. The fourth-order valence-corrected chi connectivity index (χ4v) is 0.134. The largest absolute Gasteiger partial charge is 0.759 e. The summed E-state index contributed by atoms with van der Waals surface area (Å²) in [7, 11) is 0. The summed E-state index contributed by atoms with van der Waals surface area (Å²) in [6.07, 6.45) is 0. The maximum Gasteiger partial charge on any atom is 0.242 e. The smallest absolute Gasteiger partial charge is 0.242 e. The van der Waals surface area contributed by atoms with Crippen molar-refractivity contribution < 1.29 is 4.79 Å². The van der Waals surface area contributed by atoms with Gasteiger partial charge in [-0.3, -0.25) is 4.79 Å². The minimum atomic E-state index is -1.25. The van der Waals surface area contributed by atoms with Crippen molar-refractivity contribution >= 4 is 29.1 Å². The van der Waals surface area contributed by atoms with Crippen LogP contribution in [0, 0.1) is 5.21 Å². The van der Waals surface area contributed by atoms with Crippen molar-refractivity contribution in [1.82, 2.24) is 5.48 Å². The molecule has 0 fully saturated rings. The van der Waals surface area contributed by atoms with Crippen LogP contribution in [0.2, 0.25) is 0 Å². The summed E-state index contributed by atoms with van der Waals surface area (Å²) in [6.45, 7) is 0. The molecule has 5 heteroatoms. The molecule has 0 spiro atoms. The molecule has 0 radical (unpaired) electrons. The lowest BCUT2D eigenvalue weighted by Crippen LogP contribution is -2.22. The van der Waals surface area contributed by atoms with E-state index in [2.05, 4.69) is 0 Å². The highest BCUT2D eigenvalue weighted by Gasteiger charge is 2.04. The topological polar surface area (TPSA) is 52.2 Å². The third-order valence-electron chi connectivity index (χ3n) is 0.299. The Kier molecular flexibility index (Phi) is 3.07. The van der Waals surface area contributed by atoms with Crippen LogP contribution >= 0.6 is 23.2 Å². The Morgan fingerprint density at radius 2 is 2.14 bits per heavy atom. The third-order valence-corrected chi connectivity index (χ3v) is 0.695. The first kappa shape index (κ1) is 7.01. The Bertz CT molecular complexity index is 74.1. The molecule has 1 amide bonds. The Morgan fingerprint density at radius 3 is 2.14 bits per heavy atom. The molecule has 7 heavy (non-hydrogen) atoms. The molecule has 0 aliphatic carbocycles. The van der Waals surface area contributed by atoms with Gasteiger partial charge in [-0.15, -0.1) is 0 Å². The van der Waals surface area contributed by atoms with Crippen LogP contribution < -0.4 is 5.48 Å². The van der Waals surface area contributed by atoms with Crippen molar-refractivity contribution in [3.63, 3.8) is 0 Å². The van der Waals surface area contributed by atoms with Gasteiger partial charge in [0.25, 0.3) is 0 Å². The molecule has 0 rings (SSSR count). The van der Waals surface area contributed by atoms with Crippen molar-refractivity contribution in [2.75, 3.05) is 0 Å². The Labute approximate surface area is 50.2 Å². The number of carbonyl (C=O) groups is 1. The second kappa shape index (κ2) is 3.07. The van der Waals surface area contributed by atoms with Crippen LogP contribution in [-0.2, 0) is 4.79 Å². The van der Waals surface area contributed by atoms with Crippen LogP contribution in [0.25, 0.3) is 0 Å². The number of amides is 1. The molecule has 0 aromatic heterocycles. The Morgan fingerprint density at radius 1 is 1.71 bits per heavy atom. The van der Waals surface area contributed by atoms with Crippen LogP contribution in [0.15, 0.2) is 0 Å². The molecule has 0 aliphatic heterocycles. The number of halogens is 2. The van der Waals surface area contributed by atoms with Gasteiger partial charge in [0, 0.05) is 0 Å². The van der Waals surface area contributed by atoms with Gasteiger partial charge in [-0.1, -0.05) is 23.2 Å². The van der Waals surface area contributed by atoms with Crippen LogP contribution in [0.5, 0.6) is 0 Å². The van der Waals surface area contributed by atoms with E-state index >= 15 is 0 Å². The van der Waals surface area contributed by atoms with Crippen LogP contribution in [0.1, 0.15) is 0 Å². The first-order chi connectivity index (χ1) is 3.18. The van der Waals surface area contributed by atoms with E-state index in [0.717, 1.165) is 5.48 Å². The van der Waals surface area contributed by atoms with Gasteiger partial charge >= 0.3 is 0 Å². The molecule has 0 unspecified atom stereocenters. The van der Waals surface area contributed by atoms with Crippen molar-refractivity contribution in [1.29, 1.82) is 0 Å². The van der Waals surface area contributed by atoms with E-state index < -0.39 is 10.7 Å². The Hall–Kier alpha value is 0.01000. The molecule has 0 heterocycles. The predicted octanol–water partition coefficient (Wildman–Crippen LogP) is 0.404. The molecule has 0 atom stereocenters. The predicted molar refractivity (Wildman–Crippen MR) is 27.0 cm³/mol. The summed E-state index contributed by atoms with van der Waals surface area (Å²) in [6, 6.07) is 0. The maximum atomic E-state index is 9.82. The Balaban J connectivity index is 3.35. The monoisotopic (exact) mass is 142 g/mol. The summed E-state index contributed by atoms with van der Waals surface area (Å²) >= 11 is 9.76. The third kappa shape index (κ3) is 2.68. The molecule has 0 aromatic rings. The minimum absolute atomic E-state index is 0.927. The summed E-state index contributed by atoms with van der Waals surface area (Å²) in [4.78, 5) is 8.57. The lowest BCUT2D eigenvalue weighted by Gasteiger charge is -2.05. The second-order valence-electron chi connectivity index (χ2n) is 0.767. The fourth-order valence-electron chi connectivity index (χ4n) is 0.0445. The number of rotatable bonds is 1. The van der Waals surface area contributed by atoms with E-state index in [1.54, 1.807) is 0 Å². The molecule has 0 aromatic carbocycles. The molecular weight excluding hydrogens is 141 g/mol. The second-order valence-corrected chi connectivity index (χ2v) is 1.86. The molecule has 1 N–H and O–H groups in total. The summed E-state index contributed by atoms with van der Waals surface area (Å²) in [5, 5.41) is 9.30. The number of hydroxylamine groups is 1. The quantitative estimate of drug-likeness (QED) is 0.426. The van der Waals surface area contributed by atoms with E-state index in [4.69, 9.17) is 23.2 Å². The number of nitrogens with one attached hydrogen (secondary N) is 1. The van der Waals surface area contributed by atoms with Gasteiger partial charge < -0.3 is 10.7 Å².